The molecule has 1 aliphatic heterocycles. The molecule has 0 aromatic carbocycles. The summed E-state index contributed by atoms with van der Waals surface area (Å²) < 4.78 is 37.1. The molecule has 1 N–H and O–H groups in total. The number of alkyl halides is 3. The second kappa shape index (κ2) is 6.62. The fourth-order valence-electron chi connectivity index (χ4n) is 3.49. The molecule has 0 aromatic heterocycles. The van der Waals surface area contributed by atoms with Gasteiger partial charge in [0.05, 0.1) is 12.6 Å². The number of piperazine rings is 1. The lowest BCUT2D eigenvalue weighted by atomic mass is 9.81. The van der Waals surface area contributed by atoms with Crippen molar-refractivity contribution >= 4 is 0 Å². The van der Waals surface area contributed by atoms with Crippen molar-refractivity contribution in [3.8, 4) is 0 Å². The Hall–Kier alpha value is -0.330. The third kappa shape index (κ3) is 4.33. The van der Waals surface area contributed by atoms with Crippen LogP contribution < -0.4 is 0 Å². The van der Waals surface area contributed by atoms with Gasteiger partial charge in [-0.25, -0.2) is 0 Å². The average Bonchev–Trinajstić information content (AvgIpc) is 2.39. The Labute approximate surface area is 118 Å². The van der Waals surface area contributed by atoms with Crippen molar-refractivity contribution in [1.29, 1.82) is 0 Å². The maximum absolute atomic E-state index is 12.4. The number of rotatable bonds is 3. The topological polar surface area (TPSA) is 26.7 Å². The second-order valence-electron chi connectivity index (χ2n) is 6.15. The molecule has 20 heavy (non-hydrogen) atoms. The van der Waals surface area contributed by atoms with E-state index in [0.29, 0.717) is 32.1 Å². The molecule has 3 unspecified atom stereocenters. The highest BCUT2D eigenvalue weighted by atomic mass is 19.4. The maximum atomic E-state index is 12.4. The van der Waals surface area contributed by atoms with Gasteiger partial charge in [-0.1, -0.05) is 13.3 Å². The maximum Gasteiger partial charge on any atom is 0.401 e. The standard InChI is InChI=1S/C14H25F3N2O/c1-2-11-3-4-13(20)12(9-11)19-7-5-18(6-8-19)10-14(15,16)17/h11-13,20H,2-10H2,1H3. The minimum Gasteiger partial charge on any atom is -0.391 e. The van der Waals surface area contributed by atoms with Gasteiger partial charge in [-0.05, 0) is 25.2 Å². The molecule has 1 saturated heterocycles. The molecule has 1 heterocycles. The molecule has 0 radical (unpaired) electrons. The summed E-state index contributed by atoms with van der Waals surface area (Å²) in [5.74, 6) is 0.650. The molecule has 0 spiro atoms. The normalized spacial score (nSPS) is 34.4. The van der Waals surface area contributed by atoms with Crippen molar-refractivity contribution in [2.75, 3.05) is 32.7 Å². The minimum absolute atomic E-state index is 0.140. The van der Waals surface area contributed by atoms with E-state index in [0.717, 1.165) is 25.7 Å². The lowest BCUT2D eigenvalue weighted by Crippen LogP contribution is -2.56. The lowest BCUT2D eigenvalue weighted by molar-refractivity contribution is -0.151. The number of aliphatic hydroxyl groups excluding tert-OH is 1. The van der Waals surface area contributed by atoms with Crippen LogP contribution in [-0.2, 0) is 0 Å². The van der Waals surface area contributed by atoms with Crippen LogP contribution in [0.1, 0.15) is 32.6 Å². The summed E-state index contributed by atoms with van der Waals surface area (Å²) in [6, 6.07) is 0.140. The van der Waals surface area contributed by atoms with Crippen LogP contribution >= 0.6 is 0 Å². The van der Waals surface area contributed by atoms with Crippen LogP contribution in [0.2, 0.25) is 0 Å². The van der Waals surface area contributed by atoms with Gasteiger partial charge in [0.2, 0.25) is 0 Å². The van der Waals surface area contributed by atoms with Gasteiger partial charge in [-0.3, -0.25) is 9.80 Å². The molecule has 2 aliphatic rings. The van der Waals surface area contributed by atoms with Crippen LogP contribution in [-0.4, -0.2) is 66.0 Å². The Bertz CT molecular complexity index is 303. The smallest absolute Gasteiger partial charge is 0.391 e. The SMILES string of the molecule is CCC1CCC(O)C(N2CCN(CC(F)(F)F)CC2)C1. The van der Waals surface area contributed by atoms with Gasteiger partial charge in [0, 0.05) is 32.2 Å². The molecule has 2 rings (SSSR count). The fraction of sp³-hybridized carbons (Fsp3) is 1.00. The molecule has 1 saturated carbocycles. The van der Waals surface area contributed by atoms with Gasteiger partial charge in [0.1, 0.15) is 0 Å². The monoisotopic (exact) mass is 294 g/mol. The Balaban J connectivity index is 1.83. The summed E-state index contributed by atoms with van der Waals surface area (Å²) in [7, 11) is 0. The predicted molar refractivity (Wildman–Crippen MR) is 71.5 cm³/mol. The van der Waals surface area contributed by atoms with Crippen molar-refractivity contribution in [3.05, 3.63) is 0 Å². The van der Waals surface area contributed by atoms with Crippen molar-refractivity contribution in [1.82, 2.24) is 9.80 Å². The Kier molecular flexibility index (Phi) is 5.31. The summed E-state index contributed by atoms with van der Waals surface area (Å²) in [5, 5.41) is 10.2. The van der Waals surface area contributed by atoms with Crippen molar-refractivity contribution in [2.45, 2.75) is 50.9 Å². The Morgan fingerprint density at radius 3 is 2.30 bits per heavy atom. The summed E-state index contributed by atoms with van der Waals surface area (Å²) in [5.41, 5.74) is 0. The van der Waals surface area contributed by atoms with Crippen LogP contribution in [0, 0.1) is 5.92 Å². The van der Waals surface area contributed by atoms with E-state index < -0.39 is 12.7 Å². The number of hydrogen-bond donors (Lipinski definition) is 1. The molecule has 118 valence electrons. The number of aliphatic hydroxyl groups is 1. The molecule has 3 nitrogen and oxygen atoms in total. The first-order valence-corrected chi connectivity index (χ1v) is 7.60. The van der Waals surface area contributed by atoms with Crippen LogP contribution in [0.25, 0.3) is 0 Å². The van der Waals surface area contributed by atoms with Crippen LogP contribution in [0.4, 0.5) is 13.2 Å². The van der Waals surface area contributed by atoms with Gasteiger partial charge in [-0.15, -0.1) is 0 Å². The van der Waals surface area contributed by atoms with Crippen LogP contribution in [0.3, 0.4) is 0 Å². The third-order valence-electron chi connectivity index (χ3n) is 4.75. The lowest BCUT2D eigenvalue weighted by Gasteiger charge is -2.44. The highest BCUT2D eigenvalue weighted by Crippen LogP contribution is 2.30. The van der Waals surface area contributed by atoms with E-state index in [1.165, 1.54) is 4.90 Å². The first kappa shape index (κ1) is 16.0. The molecule has 6 heteroatoms. The summed E-state index contributed by atoms with van der Waals surface area (Å²) in [6.07, 6.45) is -0.422. The summed E-state index contributed by atoms with van der Waals surface area (Å²) in [6.45, 7) is 3.51. The minimum atomic E-state index is -4.11. The predicted octanol–water partition coefficient (Wildman–Crippen LogP) is 2.11. The Morgan fingerprint density at radius 2 is 1.75 bits per heavy atom. The molecule has 3 atom stereocenters. The van der Waals surface area contributed by atoms with Gasteiger partial charge in [-0.2, -0.15) is 13.2 Å². The summed E-state index contributed by atoms with van der Waals surface area (Å²) in [4.78, 5) is 3.66. The number of nitrogens with zero attached hydrogens (tertiary/aromatic N) is 2. The molecule has 1 aliphatic carbocycles. The fourth-order valence-corrected chi connectivity index (χ4v) is 3.49. The van der Waals surface area contributed by atoms with E-state index in [1.54, 1.807) is 0 Å². The molecular weight excluding hydrogens is 269 g/mol. The van der Waals surface area contributed by atoms with E-state index in [9.17, 15) is 18.3 Å². The highest BCUT2D eigenvalue weighted by molar-refractivity contribution is 4.89. The van der Waals surface area contributed by atoms with E-state index in [2.05, 4.69) is 11.8 Å². The average molecular weight is 294 g/mol. The van der Waals surface area contributed by atoms with Gasteiger partial charge in [0.15, 0.2) is 0 Å². The number of hydrogen-bond acceptors (Lipinski definition) is 3. The third-order valence-corrected chi connectivity index (χ3v) is 4.75. The molecule has 0 amide bonds. The van der Waals surface area contributed by atoms with Crippen molar-refractivity contribution in [3.63, 3.8) is 0 Å². The zero-order valence-electron chi connectivity index (χ0n) is 12.1. The van der Waals surface area contributed by atoms with Crippen LogP contribution in [0.15, 0.2) is 0 Å². The van der Waals surface area contributed by atoms with Gasteiger partial charge in [0.25, 0.3) is 0 Å². The zero-order valence-corrected chi connectivity index (χ0v) is 12.1. The van der Waals surface area contributed by atoms with Crippen molar-refractivity contribution < 1.29 is 18.3 Å². The zero-order chi connectivity index (χ0) is 14.8. The first-order valence-electron chi connectivity index (χ1n) is 7.60. The van der Waals surface area contributed by atoms with Gasteiger partial charge < -0.3 is 5.11 Å². The first-order chi connectivity index (χ1) is 9.39. The van der Waals surface area contributed by atoms with Crippen molar-refractivity contribution in [2.24, 2.45) is 5.92 Å². The molecule has 0 bridgehead atoms. The van der Waals surface area contributed by atoms with E-state index in [-0.39, 0.29) is 12.1 Å². The van der Waals surface area contributed by atoms with E-state index in [4.69, 9.17) is 0 Å². The largest absolute Gasteiger partial charge is 0.401 e. The molecule has 0 aromatic rings. The Morgan fingerprint density at radius 1 is 1.10 bits per heavy atom. The molecular formula is C14H25F3N2O. The molecule has 2 fully saturated rings. The van der Waals surface area contributed by atoms with Crippen LogP contribution in [0.5, 0.6) is 0 Å². The quantitative estimate of drug-likeness (QED) is 0.863. The van der Waals surface area contributed by atoms with E-state index in [1.807, 2.05) is 0 Å². The van der Waals surface area contributed by atoms with E-state index >= 15 is 0 Å². The summed E-state index contributed by atoms with van der Waals surface area (Å²) >= 11 is 0. The van der Waals surface area contributed by atoms with Gasteiger partial charge >= 0.3 is 6.18 Å². The number of halogens is 3. The second-order valence-corrected chi connectivity index (χ2v) is 6.15. The highest BCUT2D eigenvalue weighted by Gasteiger charge is 2.36.